The number of nitrogens with one attached hydrogen (secondary N) is 1. The Morgan fingerprint density at radius 2 is 2.07 bits per heavy atom. The molecule has 146 valence electrons. The number of rotatable bonds is 4. The predicted molar refractivity (Wildman–Crippen MR) is 105 cm³/mol. The van der Waals surface area contributed by atoms with Gasteiger partial charge in [-0.1, -0.05) is 0 Å². The molecule has 8 nitrogen and oxygen atoms in total. The fourth-order valence-corrected chi connectivity index (χ4v) is 4.33. The third-order valence-electron chi connectivity index (χ3n) is 4.73. The molecule has 0 fully saturated rings. The molecule has 0 bridgehead atoms. The Morgan fingerprint density at radius 1 is 1.32 bits per heavy atom. The van der Waals surface area contributed by atoms with Crippen LogP contribution >= 0.6 is 11.3 Å². The molecule has 0 radical (unpaired) electrons. The lowest BCUT2D eigenvalue weighted by molar-refractivity contribution is -0.119. The van der Waals surface area contributed by atoms with Crippen molar-refractivity contribution in [3.05, 3.63) is 40.7 Å². The third-order valence-corrected chi connectivity index (χ3v) is 5.73. The van der Waals surface area contributed by atoms with Gasteiger partial charge < -0.3 is 10.6 Å². The van der Waals surface area contributed by atoms with E-state index in [2.05, 4.69) is 20.3 Å². The molecule has 0 saturated heterocycles. The Kier molecular flexibility index (Phi) is 4.82. The SMILES string of the molecule is CN1CCc2nc(NC(=O)C3=NN(c4ccc(F)cc4)C(C(N)=O)C3)sc2C1. The first kappa shape index (κ1) is 18.5. The van der Waals surface area contributed by atoms with Crippen molar-refractivity contribution in [2.75, 3.05) is 23.9 Å². The summed E-state index contributed by atoms with van der Waals surface area (Å²) in [6.45, 7) is 1.75. The quantitative estimate of drug-likeness (QED) is 0.803. The van der Waals surface area contributed by atoms with Gasteiger partial charge >= 0.3 is 0 Å². The minimum Gasteiger partial charge on any atom is -0.368 e. The van der Waals surface area contributed by atoms with Crippen LogP contribution in [0.1, 0.15) is 17.0 Å². The smallest absolute Gasteiger partial charge is 0.273 e. The van der Waals surface area contributed by atoms with Crippen LogP contribution in [0, 0.1) is 5.82 Å². The number of benzene rings is 1. The highest BCUT2D eigenvalue weighted by molar-refractivity contribution is 7.16. The lowest BCUT2D eigenvalue weighted by atomic mass is 10.1. The molecule has 10 heteroatoms. The summed E-state index contributed by atoms with van der Waals surface area (Å²) in [5, 5.41) is 8.92. The molecule has 0 spiro atoms. The summed E-state index contributed by atoms with van der Waals surface area (Å²) < 4.78 is 13.2. The molecule has 3 N–H and O–H groups in total. The summed E-state index contributed by atoms with van der Waals surface area (Å²) in [7, 11) is 2.04. The highest BCUT2D eigenvalue weighted by Crippen LogP contribution is 2.29. The van der Waals surface area contributed by atoms with Crippen molar-refractivity contribution in [1.29, 1.82) is 0 Å². The lowest BCUT2D eigenvalue weighted by Gasteiger charge is -2.20. The van der Waals surface area contributed by atoms with Gasteiger partial charge in [0.05, 0.1) is 11.4 Å². The minimum absolute atomic E-state index is 0.0758. The molecular formula is C18H19FN6O2S. The third kappa shape index (κ3) is 3.60. The van der Waals surface area contributed by atoms with Gasteiger partial charge in [-0.05, 0) is 31.3 Å². The standard InChI is InChI=1S/C18H19FN6O2S/c1-24-7-6-12-15(9-24)28-18(21-12)22-17(27)13-8-14(16(20)26)25(23-13)11-4-2-10(19)3-5-11/h2-5,14H,6-9H2,1H3,(H2,20,26)(H,21,22,27). The zero-order valence-corrected chi connectivity index (χ0v) is 16.0. The van der Waals surface area contributed by atoms with Gasteiger partial charge in [0.1, 0.15) is 17.6 Å². The number of nitrogens with two attached hydrogens (primary N) is 1. The van der Waals surface area contributed by atoms with Crippen LogP contribution in [-0.2, 0) is 22.6 Å². The average molecular weight is 402 g/mol. The Bertz CT molecular complexity index is 957. The second-order valence-corrected chi connectivity index (χ2v) is 7.90. The molecule has 2 aliphatic heterocycles. The van der Waals surface area contributed by atoms with E-state index in [1.54, 1.807) is 0 Å². The maximum Gasteiger partial charge on any atom is 0.273 e. The first-order valence-electron chi connectivity index (χ1n) is 8.81. The number of carbonyl (C=O) groups excluding carboxylic acids is 2. The van der Waals surface area contributed by atoms with E-state index in [1.165, 1.54) is 40.6 Å². The van der Waals surface area contributed by atoms with Gasteiger partial charge in [-0.3, -0.25) is 19.9 Å². The molecule has 3 heterocycles. The summed E-state index contributed by atoms with van der Waals surface area (Å²) in [6, 6.07) is 4.70. The number of nitrogens with zero attached hydrogens (tertiary/aromatic N) is 4. The van der Waals surface area contributed by atoms with Crippen LogP contribution in [0.3, 0.4) is 0 Å². The van der Waals surface area contributed by atoms with Crippen molar-refractivity contribution in [2.24, 2.45) is 10.8 Å². The molecule has 2 aliphatic rings. The van der Waals surface area contributed by atoms with Crippen LogP contribution in [0.15, 0.2) is 29.4 Å². The van der Waals surface area contributed by atoms with E-state index in [4.69, 9.17) is 5.73 Å². The van der Waals surface area contributed by atoms with E-state index in [0.717, 1.165) is 30.1 Å². The fourth-order valence-electron chi connectivity index (χ4n) is 3.25. The summed E-state index contributed by atoms with van der Waals surface area (Å²) in [5.74, 6) is -1.43. The van der Waals surface area contributed by atoms with Gasteiger partial charge in [-0.2, -0.15) is 5.10 Å². The molecule has 2 amide bonds. The molecule has 0 aliphatic carbocycles. The van der Waals surface area contributed by atoms with Crippen LogP contribution in [0.4, 0.5) is 15.2 Å². The first-order chi connectivity index (χ1) is 13.4. The molecule has 1 atom stereocenters. The summed E-state index contributed by atoms with van der Waals surface area (Å²) in [6.07, 6.45) is 0.924. The van der Waals surface area contributed by atoms with Crippen molar-refractivity contribution < 1.29 is 14.0 Å². The average Bonchev–Trinajstić information content (AvgIpc) is 3.26. The summed E-state index contributed by atoms with van der Waals surface area (Å²) >= 11 is 1.45. The molecule has 2 aromatic rings. The first-order valence-corrected chi connectivity index (χ1v) is 9.62. The summed E-state index contributed by atoms with van der Waals surface area (Å²) in [5.41, 5.74) is 7.15. The number of likely N-dealkylation sites (N-methyl/N-ethyl adjacent to an activating group) is 1. The van der Waals surface area contributed by atoms with Gasteiger partial charge in [0.15, 0.2) is 5.13 Å². The number of amides is 2. The van der Waals surface area contributed by atoms with Crippen LogP contribution in [0.2, 0.25) is 0 Å². The van der Waals surface area contributed by atoms with E-state index in [9.17, 15) is 14.0 Å². The number of carbonyl (C=O) groups is 2. The van der Waals surface area contributed by atoms with Crippen LogP contribution in [-0.4, -0.2) is 47.0 Å². The minimum atomic E-state index is -0.802. The highest BCUT2D eigenvalue weighted by atomic mass is 32.1. The number of aromatic nitrogens is 1. The zero-order valence-electron chi connectivity index (χ0n) is 15.2. The Labute approximate surface area is 164 Å². The Balaban J connectivity index is 1.53. The Hall–Kier alpha value is -2.85. The second-order valence-electron chi connectivity index (χ2n) is 6.82. The van der Waals surface area contributed by atoms with Crippen LogP contribution in [0.25, 0.3) is 0 Å². The highest BCUT2D eigenvalue weighted by Gasteiger charge is 2.35. The number of anilines is 2. The molecule has 1 aromatic heterocycles. The summed E-state index contributed by atoms with van der Waals surface area (Å²) in [4.78, 5) is 32.3. The van der Waals surface area contributed by atoms with Crippen molar-refractivity contribution >= 4 is 39.7 Å². The molecule has 4 rings (SSSR count). The second kappa shape index (κ2) is 7.28. The lowest BCUT2D eigenvalue weighted by Crippen LogP contribution is -2.39. The number of primary amides is 1. The van der Waals surface area contributed by atoms with E-state index < -0.39 is 23.7 Å². The van der Waals surface area contributed by atoms with E-state index >= 15 is 0 Å². The van der Waals surface area contributed by atoms with Gasteiger partial charge in [0, 0.05) is 30.8 Å². The number of halogens is 1. The zero-order chi connectivity index (χ0) is 19.8. The number of hydrazone groups is 1. The maximum absolute atomic E-state index is 13.2. The number of hydrogen-bond acceptors (Lipinski definition) is 7. The van der Waals surface area contributed by atoms with Crippen molar-refractivity contribution in [1.82, 2.24) is 9.88 Å². The van der Waals surface area contributed by atoms with Crippen molar-refractivity contribution in [2.45, 2.75) is 25.4 Å². The number of thiazole rings is 1. The maximum atomic E-state index is 13.2. The Morgan fingerprint density at radius 3 is 2.79 bits per heavy atom. The van der Waals surface area contributed by atoms with E-state index in [1.807, 2.05) is 7.05 Å². The van der Waals surface area contributed by atoms with Gasteiger partial charge in [-0.15, -0.1) is 11.3 Å². The van der Waals surface area contributed by atoms with Gasteiger partial charge in [-0.25, -0.2) is 9.37 Å². The normalized spacial score (nSPS) is 19.3. The van der Waals surface area contributed by atoms with Gasteiger partial charge in [0.2, 0.25) is 5.91 Å². The van der Waals surface area contributed by atoms with Crippen LogP contribution in [0.5, 0.6) is 0 Å². The van der Waals surface area contributed by atoms with Crippen molar-refractivity contribution in [3.63, 3.8) is 0 Å². The molecule has 0 saturated carbocycles. The van der Waals surface area contributed by atoms with Crippen molar-refractivity contribution in [3.8, 4) is 0 Å². The molecule has 1 unspecified atom stereocenters. The predicted octanol–water partition coefficient (Wildman–Crippen LogP) is 1.33. The number of fused-ring (bicyclic) bond motifs is 1. The largest absolute Gasteiger partial charge is 0.368 e. The van der Waals surface area contributed by atoms with Crippen LogP contribution < -0.4 is 16.1 Å². The molecular weight excluding hydrogens is 383 g/mol. The van der Waals surface area contributed by atoms with E-state index in [-0.39, 0.29) is 12.1 Å². The van der Waals surface area contributed by atoms with E-state index in [0.29, 0.717) is 10.8 Å². The molecule has 28 heavy (non-hydrogen) atoms. The topological polar surface area (TPSA) is 104 Å². The van der Waals surface area contributed by atoms with Gasteiger partial charge in [0.25, 0.3) is 5.91 Å². The molecule has 1 aromatic carbocycles. The number of hydrogen-bond donors (Lipinski definition) is 2. The fraction of sp³-hybridized carbons (Fsp3) is 0.333. The monoisotopic (exact) mass is 402 g/mol.